The van der Waals surface area contributed by atoms with Crippen LogP contribution in [-0.2, 0) is 6.61 Å². The molecule has 16 heavy (non-hydrogen) atoms. The lowest BCUT2D eigenvalue weighted by molar-refractivity contribution is 0.282. The number of halogens is 1. The van der Waals surface area contributed by atoms with Gasteiger partial charge in [-0.25, -0.2) is 0 Å². The summed E-state index contributed by atoms with van der Waals surface area (Å²) in [5.74, 6) is 2.62. The third kappa shape index (κ3) is 3.16. The fourth-order valence-corrected chi connectivity index (χ4v) is 1.89. The van der Waals surface area contributed by atoms with Crippen LogP contribution in [0.25, 0.3) is 0 Å². The van der Waals surface area contributed by atoms with Crippen LogP contribution in [0.1, 0.15) is 18.9 Å². The fourth-order valence-electron chi connectivity index (χ4n) is 1.57. The molecule has 86 valence electrons. The Morgan fingerprint density at radius 2 is 2.25 bits per heavy atom. The Morgan fingerprint density at radius 3 is 2.75 bits per heavy atom. The highest BCUT2D eigenvalue weighted by atomic mass is 35.5. The lowest BCUT2D eigenvalue weighted by Gasteiger charge is -2.23. The normalized spacial score (nSPS) is 9.88. The molecule has 0 aromatic heterocycles. The Hall–Kier alpha value is -1.17. The van der Waals surface area contributed by atoms with Gasteiger partial charge in [-0.1, -0.05) is 30.5 Å². The molecule has 0 unspecified atom stereocenters. The van der Waals surface area contributed by atoms with Gasteiger partial charge in [0.25, 0.3) is 0 Å². The second-order valence-electron chi connectivity index (χ2n) is 3.57. The van der Waals surface area contributed by atoms with Gasteiger partial charge in [-0.05, 0) is 24.1 Å². The summed E-state index contributed by atoms with van der Waals surface area (Å²) in [4.78, 5) is 2.06. The molecular formula is C13H16ClNO. The molecule has 1 N–H and O–H groups in total. The van der Waals surface area contributed by atoms with Crippen molar-refractivity contribution in [1.82, 2.24) is 0 Å². The molecule has 1 aromatic carbocycles. The van der Waals surface area contributed by atoms with Gasteiger partial charge in [-0.15, -0.1) is 6.42 Å². The number of aliphatic hydroxyl groups is 1. The van der Waals surface area contributed by atoms with E-state index in [-0.39, 0.29) is 6.61 Å². The molecule has 0 saturated heterocycles. The minimum absolute atomic E-state index is 0.00289. The largest absolute Gasteiger partial charge is 0.392 e. The highest BCUT2D eigenvalue weighted by Gasteiger charge is 2.08. The number of anilines is 1. The molecule has 0 saturated carbocycles. The molecule has 0 fully saturated rings. The van der Waals surface area contributed by atoms with Crippen LogP contribution in [-0.4, -0.2) is 18.2 Å². The molecule has 1 rings (SSSR count). The first-order valence-electron chi connectivity index (χ1n) is 5.30. The van der Waals surface area contributed by atoms with Crippen LogP contribution >= 0.6 is 11.6 Å². The summed E-state index contributed by atoms with van der Waals surface area (Å²) in [5, 5.41) is 9.63. The minimum atomic E-state index is 0.00289. The van der Waals surface area contributed by atoms with Crippen LogP contribution in [0.2, 0.25) is 5.02 Å². The lowest BCUT2D eigenvalue weighted by Crippen LogP contribution is -2.24. The van der Waals surface area contributed by atoms with Gasteiger partial charge in [0.1, 0.15) is 0 Å². The first-order valence-corrected chi connectivity index (χ1v) is 5.68. The highest BCUT2D eigenvalue weighted by molar-refractivity contribution is 6.33. The Labute approximate surface area is 102 Å². The molecule has 0 heterocycles. The van der Waals surface area contributed by atoms with Gasteiger partial charge in [-0.2, -0.15) is 0 Å². The summed E-state index contributed by atoms with van der Waals surface area (Å²) < 4.78 is 0. The van der Waals surface area contributed by atoms with Gasteiger partial charge in [0.2, 0.25) is 0 Å². The van der Waals surface area contributed by atoms with Gasteiger partial charge in [-0.3, -0.25) is 0 Å². The van der Waals surface area contributed by atoms with Crippen molar-refractivity contribution >= 4 is 17.3 Å². The van der Waals surface area contributed by atoms with Crippen molar-refractivity contribution in [3.8, 4) is 12.3 Å². The van der Waals surface area contributed by atoms with Crippen LogP contribution in [0.5, 0.6) is 0 Å². The van der Waals surface area contributed by atoms with E-state index >= 15 is 0 Å². The topological polar surface area (TPSA) is 23.5 Å². The molecule has 0 atom stereocenters. The second-order valence-corrected chi connectivity index (χ2v) is 3.98. The van der Waals surface area contributed by atoms with E-state index in [1.165, 1.54) is 0 Å². The zero-order valence-corrected chi connectivity index (χ0v) is 10.2. The van der Waals surface area contributed by atoms with Gasteiger partial charge < -0.3 is 10.0 Å². The van der Waals surface area contributed by atoms with Crippen molar-refractivity contribution in [1.29, 1.82) is 0 Å². The Morgan fingerprint density at radius 1 is 1.50 bits per heavy atom. The average Bonchev–Trinajstić information content (AvgIpc) is 2.29. The van der Waals surface area contributed by atoms with Gasteiger partial charge in [0.05, 0.1) is 23.9 Å². The molecule has 0 bridgehead atoms. The summed E-state index contributed by atoms with van der Waals surface area (Å²) in [6, 6.07) is 5.54. The lowest BCUT2D eigenvalue weighted by atomic mass is 10.2. The van der Waals surface area contributed by atoms with Crippen molar-refractivity contribution < 1.29 is 5.11 Å². The van der Waals surface area contributed by atoms with E-state index in [4.69, 9.17) is 23.1 Å². The minimum Gasteiger partial charge on any atom is -0.392 e. The smallest absolute Gasteiger partial charge is 0.0792 e. The summed E-state index contributed by atoms with van der Waals surface area (Å²) in [7, 11) is 0. The van der Waals surface area contributed by atoms with Gasteiger partial charge in [0.15, 0.2) is 0 Å². The van der Waals surface area contributed by atoms with Crippen molar-refractivity contribution in [2.24, 2.45) is 0 Å². The fraction of sp³-hybridized carbons (Fsp3) is 0.385. The Kier molecular flexibility index (Phi) is 5.18. The molecule has 2 nitrogen and oxygen atoms in total. The number of hydrogen-bond donors (Lipinski definition) is 1. The summed E-state index contributed by atoms with van der Waals surface area (Å²) in [5.41, 5.74) is 1.74. The van der Waals surface area contributed by atoms with Crippen LogP contribution in [0.3, 0.4) is 0 Å². The SMILES string of the molecule is C#CCN(CCC)c1ccc(CO)cc1Cl. The van der Waals surface area contributed by atoms with E-state index in [9.17, 15) is 0 Å². The molecule has 0 spiro atoms. The first kappa shape index (κ1) is 12.9. The van der Waals surface area contributed by atoms with Crippen LogP contribution in [0.4, 0.5) is 5.69 Å². The summed E-state index contributed by atoms with van der Waals surface area (Å²) in [6.45, 7) is 3.52. The van der Waals surface area contributed by atoms with E-state index < -0.39 is 0 Å². The highest BCUT2D eigenvalue weighted by Crippen LogP contribution is 2.27. The van der Waals surface area contributed by atoms with Crippen molar-refractivity contribution in [3.63, 3.8) is 0 Å². The molecule has 0 aliphatic heterocycles. The Bertz CT molecular complexity index is 384. The van der Waals surface area contributed by atoms with E-state index in [0.717, 1.165) is 24.2 Å². The van der Waals surface area contributed by atoms with Crippen LogP contribution < -0.4 is 4.90 Å². The summed E-state index contributed by atoms with van der Waals surface area (Å²) >= 11 is 6.15. The third-order valence-corrected chi connectivity index (χ3v) is 2.61. The number of nitrogens with zero attached hydrogens (tertiary/aromatic N) is 1. The van der Waals surface area contributed by atoms with Gasteiger partial charge >= 0.3 is 0 Å². The maximum Gasteiger partial charge on any atom is 0.0792 e. The van der Waals surface area contributed by atoms with Gasteiger partial charge in [0, 0.05) is 6.54 Å². The number of terminal acetylenes is 1. The van der Waals surface area contributed by atoms with E-state index in [1.807, 2.05) is 12.1 Å². The molecule has 0 radical (unpaired) electrons. The summed E-state index contributed by atoms with van der Waals surface area (Å²) in [6.07, 6.45) is 6.34. The van der Waals surface area contributed by atoms with Crippen molar-refractivity contribution in [2.45, 2.75) is 20.0 Å². The zero-order chi connectivity index (χ0) is 12.0. The van der Waals surface area contributed by atoms with Crippen LogP contribution in [0.15, 0.2) is 18.2 Å². The first-order chi connectivity index (χ1) is 7.72. The monoisotopic (exact) mass is 237 g/mol. The number of benzene rings is 1. The predicted octanol–water partition coefficient (Wildman–Crippen LogP) is 2.68. The standard InChI is InChI=1S/C13H16ClNO/c1-3-7-15(8-4-2)13-6-5-11(10-16)9-12(13)14/h1,5-6,9,16H,4,7-8,10H2,2H3. The van der Waals surface area contributed by atoms with E-state index in [0.29, 0.717) is 11.6 Å². The molecule has 0 amide bonds. The van der Waals surface area contributed by atoms with Crippen LogP contribution in [0, 0.1) is 12.3 Å². The number of aliphatic hydroxyl groups excluding tert-OH is 1. The van der Waals surface area contributed by atoms with Crippen molar-refractivity contribution in [2.75, 3.05) is 18.0 Å². The molecule has 1 aromatic rings. The Balaban J connectivity index is 2.96. The predicted molar refractivity (Wildman–Crippen MR) is 68.7 cm³/mol. The zero-order valence-electron chi connectivity index (χ0n) is 9.41. The quantitative estimate of drug-likeness (QED) is 0.796. The number of rotatable bonds is 5. The maximum absolute atomic E-state index is 8.99. The van der Waals surface area contributed by atoms with E-state index in [2.05, 4.69) is 17.7 Å². The van der Waals surface area contributed by atoms with E-state index in [1.54, 1.807) is 6.07 Å². The van der Waals surface area contributed by atoms with Crippen molar-refractivity contribution in [3.05, 3.63) is 28.8 Å². The second kappa shape index (κ2) is 6.42. The number of hydrogen-bond acceptors (Lipinski definition) is 2. The molecular weight excluding hydrogens is 222 g/mol. The molecule has 0 aliphatic carbocycles. The average molecular weight is 238 g/mol. The maximum atomic E-state index is 8.99. The molecule has 3 heteroatoms. The molecule has 0 aliphatic rings. The third-order valence-electron chi connectivity index (χ3n) is 2.31.